The number of aromatic nitrogens is 1. The number of hydrogen-bond donors (Lipinski definition) is 1. The Morgan fingerprint density at radius 1 is 1.14 bits per heavy atom. The van der Waals surface area contributed by atoms with Gasteiger partial charge in [0.2, 0.25) is 10.0 Å². The van der Waals surface area contributed by atoms with E-state index in [0.717, 1.165) is 16.8 Å². The lowest BCUT2D eigenvalue weighted by Crippen LogP contribution is -2.36. The maximum atomic E-state index is 13.9. The minimum Gasteiger partial charge on any atom is -0.481 e. The third kappa shape index (κ3) is 3.18. The highest BCUT2D eigenvalue weighted by Crippen LogP contribution is 2.33. The summed E-state index contributed by atoms with van der Waals surface area (Å²) in [4.78, 5) is 11.3. The molecule has 0 spiro atoms. The van der Waals surface area contributed by atoms with Gasteiger partial charge in [-0.1, -0.05) is 18.2 Å². The second-order valence-corrected chi connectivity index (χ2v) is 8.72. The van der Waals surface area contributed by atoms with Gasteiger partial charge in [0.15, 0.2) is 0 Å². The lowest BCUT2D eigenvalue weighted by atomic mass is 10.1. The zero-order chi connectivity index (χ0) is 19.9. The molecule has 0 aliphatic carbocycles. The fraction of sp³-hybridized carbons (Fsp3) is 0.250. The molecule has 0 fully saturated rings. The summed E-state index contributed by atoms with van der Waals surface area (Å²) in [6.07, 6.45) is 0.386. The summed E-state index contributed by atoms with van der Waals surface area (Å²) in [5, 5.41) is 9.68. The van der Waals surface area contributed by atoms with Crippen molar-refractivity contribution in [1.29, 1.82) is 0 Å². The third-order valence-electron chi connectivity index (χ3n) is 5.11. The molecular weight excluding hydrogens is 383 g/mol. The molecule has 0 radical (unpaired) electrons. The number of carboxylic acid groups (broad SMARTS) is 1. The maximum absolute atomic E-state index is 13.9. The second-order valence-electron chi connectivity index (χ2n) is 6.78. The number of carbonyl (C=O) groups is 1. The molecule has 8 heteroatoms. The van der Waals surface area contributed by atoms with Crippen molar-refractivity contribution in [2.45, 2.75) is 30.8 Å². The SMILES string of the molecule is O=C(O)CCn1c2c(c3cc(F)ccc31)CN(S(=O)(=O)c1ccccc1)CC2. The molecule has 2 aromatic carbocycles. The zero-order valence-electron chi connectivity index (χ0n) is 15.0. The number of halogens is 1. The van der Waals surface area contributed by atoms with Crippen molar-refractivity contribution in [2.75, 3.05) is 6.54 Å². The Balaban J connectivity index is 1.78. The monoisotopic (exact) mass is 402 g/mol. The van der Waals surface area contributed by atoms with Gasteiger partial charge in [-0.25, -0.2) is 12.8 Å². The van der Waals surface area contributed by atoms with Crippen molar-refractivity contribution >= 4 is 26.9 Å². The van der Waals surface area contributed by atoms with Crippen molar-refractivity contribution in [3.63, 3.8) is 0 Å². The van der Waals surface area contributed by atoms with E-state index >= 15 is 0 Å². The zero-order valence-corrected chi connectivity index (χ0v) is 15.8. The van der Waals surface area contributed by atoms with Crippen LogP contribution >= 0.6 is 0 Å². The third-order valence-corrected chi connectivity index (χ3v) is 6.97. The van der Waals surface area contributed by atoms with Crippen LogP contribution in [0.4, 0.5) is 4.39 Å². The van der Waals surface area contributed by atoms with Gasteiger partial charge >= 0.3 is 5.97 Å². The molecule has 2 heterocycles. The number of nitrogens with zero attached hydrogens (tertiary/aromatic N) is 2. The molecule has 0 saturated carbocycles. The Hall–Kier alpha value is -2.71. The van der Waals surface area contributed by atoms with E-state index in [1.54, 1.807) is 36.4 Å². The van der Waals surface area contributed by atoms with Crippen molar-refractivity contribution in [3.8, 4) is 0 Å². The molecule has 0 bridgehead atoms. The number of rotatable bonds is 5. The second kappa shape index (κ2) is 7.03. The highest BCUT2D eigenvalue weighted by Gasteiger charge is 2.31. The van der Waals surface area contributed by atoms with Crippen molar-refractivity contribution < 1.29 is 22.7 Å². The van der Waals surface area contributed by atoms with Crippen LogP contribution in [0.25, 0.3) is 10.9 Å². The van der Waals surface area contributed by atoms with Gasteiger partial charge in [0.25, 0.3) is 0 Å². The molecule has 1 aromatic heterocycles. The Morgan fingerprint density at radius 3 is 2.61 bits per heavy atom. The number of sulfonamides is 1. The van der Waals surface area contributed by atoms with E-state index in [-0.39, 0.29) is 31.0 Å². The standard InChI is InChI=1S/C20H19FN2O4S/c21-14-6-7-18-16(12-14)17-13-22(28(26,27)15-4-2-1-3-5-15)10-8-19(17)23(18)11-9-20(24)25/h1-7,12H,8-11,13H2,(H,24,25). The summed E-state index contributed by atoms with van der Waals surface area (Å²) in [5.41, 5.74) is 2.35. The molecule has 0 unspecified atom stereocenters. The van der Waals surface area contributed by atoms with Crippen molar-refractivity contribution in [2.24, 2.45) is 0 Å². The summed E-state index contributed by atoms with van der Waals surface area (Å²) in [6.45, 7) is 0.681. The summed E-state index contributed by atoms with van der Waals surface area (Å²) in [5.74, 6) is -1.32. The Morgan fingerprint density at radius 2 is 1.89 bits per heavy atom. The predicted octanol–water partition coefficient (Wildman–Crippen LogP) is 3.00. The quantitative estimate of drug-likeness (QED) is 0.712. The first-order valence-corrected chi connectivity index (χ1v) is 10.4. The van der Waals surface area contributed by atoms with Gasteiger partial charge in [0.1, 0.15) is 5.82 Å². The molecule has 1 N–H and O–H groups in total. The molecule has 6 nitrogen and oxygen atoms in total. The minimum atomic E-state index is -3.66. The normalized spacial score (nSPS) is 14.9. The molecule has 0 saturated heterocycles. The van der Waals surface area contributed by atoms with Crippen LogP contribution in [-0.2, 0) is 34.3 Å². The van der Waals surface area contributed by atoms with Gasteiger partial charge < -0.3 is 9.67 Å². The predicted molar refractivity (Wildman–Crippen MR) is 102 cm³/mol. The average molecular weight is 402 g/mol. The van der Waals surface area contributed by atoms with E-state index in [9.17, 15) is 17.6 Å². The summed E-state index contributed by atoms with van der Waals surface area (Å²) < 4.78 is 43.1. The molecular formula is C20H19FN2O4S. The van der Waals surface area contributed by atoms with Crippen molar-refractivity contribution in [3.05, 3.63) is 65.6 Å². The summed E-state index contributed by atoms with van der Waals surface area (Å²) >= 11 is 0. The van der Waals surface area contributed by atoms with E-state index in [1.165, 1.54) is 16.4 Å². The maximum Gasteiger partial charge on any atom is 0.305 e. The van der Waals surface area contributed by atoms with Gasteiger partial charge in [-0.05, 0) is 35.9 Å². The van der Waals surface area contributed by atoms with Crippen LogP contribution in [0.5, 0.6) is 0 Å². The first kappa shape index (κ1) is 18.6. The first-order valence-electron chi connectivity index (χ1n) is 8.94. The van der Waals surface area contributed by atoms with E-state index in [4.69, 9.17) is 5.11 Å². The highest BCUT2D eigenvalue weighted by atomic mass is 32.2. The largest absolute Gasteiger partial charge is 0.481 e. The molecule has 0 amide bonds. The van der Waals surface area contributed by atoms with Crippen LogP contribution in [-0.4, -0.2) is 34.9 Å². The highest BCUT2D eigenvalue weighted by molar-refractivity contribution is 7.89. The Labute approximate surface area is 161 Å². The van der Waals surface area contributed by atoms with E-state index in [1.807, 2.05) is 4.57 Å². The number of hydrogen-bond acceptors (Lipinski definition) is 3. The Bertz CT molecular complexity index is 1160. The summed E-state index contributed by atoms with van der Waals surface area (Å²) in [7, 11) is -3.66. The minimum absolute atomic E-state index is 0.0559. The van der Waals surface area contributed by atoms with Crippen LogP contribution < -0.4 is 0 Å². The molecule has 146 valence electrons. The fourth-order valence-corrected chi connectivity index (χ4v) is 5.24. The molecule has 3 aromatic rings. The number of benzene rings is 2. The molecule has 1 aliphatic heterocycles. The van der Waals surface area contributed by atoms with Crippen LogP contribution in [0.2, 0.25) is 0 Å². The van der Waals surface area contributed by atoms with Gasteiger partial charge in [0.05, 0.1) is 11.3 Å². The lowest BCUT2D eigenvalue weighted by molar-refractivity contribution is -0.137. The van der Waals surface area contributed by atoms with Crippen LogP contribution in [0.15, 0.2) is 53.4 Å². The number of aliphatic carboxylic acids is 1. The number of fused-ring (bicyclic) bond motifs is 3. The first-order chi connectivity index (χ1) is 13.4. The van der Waals surface area contributed by atoms with Gasteiger partial charge in [-0.3, -0.25) is 4.79 Å². The van der Waals surface area contributed by atoms with Crippen LogP contribution in [0, 0.1) is 5.82 Å². The van der Waals surface area contributed by atoms with E-state index in [2.05, 4.69) is 0 Å². The van der Waals surface area contributed by atoms with E-state index in [0.29, 0.717) is 11.8 Å². The lowest BCUT2D eigenvalue weighted by Gasteiger charge is -2.27. The molecule has 0 atom stereocenters. The van der Waals surface area contributed by atoms with Gasteiger partial charge in [0, 0.05) is 42.7 Å². The van der Waals surface area contributed by atoms with Crippen molar-refractivity contribution in [1.82, 2.24) is 8.87 Å². The average Bonchev–Trinajstić information content (AvgIpc) is 2.99. The van der Waals surface area contributed by atoms with E-state index < -0.39 is 21.8 Å². The van der Waals surface area contributed by atoms with Crippen LogP contribution in [0.1, 0.15) is 17.7 Å². The van der Waals surface area contributed by atoms with Crippen LogP contribution in [0.3, 0.4) is 0 Å². The molecule has 1 aliphatic rings. The topological polar surface area (TPSA) is 79.6 Å². The fourth-order valence-electron chi connectivity index (χ4n) is 3.81. The summed E-state index contributed by atoms with van der Waals surface area (Å²) in [6, 6.07) is 12.6. The molecule has 4 rings (SSSR count). The van der Waals surface area contributed by atoms with Gasteiger partial charge in [-0.15, -0.1) is 0 Å². The smallest absolute Gasteiger partial charge is 0.305 e. The molecule has 28 heavy (non-hydrogen) atoms. The Kier molecular flexibility index (Phi) is 4.68. The number of aryl methyl sites for hydroxylation is 1. The van der Waals surface area contributed by atoms with Gasteiger partial charge in [-0.2, -0.15) is 4.31 Å². The number of carboxylic acids is 1.